The molecule has 0 radical (unpaired) electrons. The first-order chi connectivity index (χ1) is 11.2. The van der Waals surface area contributed by atoms with E-state index in [2.05, 4.69) is 0 Å². The molecule has 1 nitrogen and oxygen atoms in total. The molecule has 0 aliphatic rings. The molecule has 0 aromatic heterocycles. The molecular formula is C17H21F7O. The van der Waals surface area contributed by atoms with Crippen LogP contribution in [-0.2, 0) is 16.8 Å². The summed E-state index contributed by atoms with van der Waals surface area (Å²) in [6.07, 6.45) is -7.73. The van der Waals surface area contributed by atoms with Crippen LogP contribution in [0.4, 0.5) is 30.7 Å². The van der Waals surface area contributed by atoms with Crippen molar-refractivity contribution in [2.24, 2.45) is 5.92 Å². The maximum absolute atomic E-state index is 13.9. The van der Waals surface area contributed by atoms with Crippen molar-refractivity contribution in [3.8, 4) is 0 Å². The summed E-state index contributed by atoms with van der Waals surface area (Å²) in [7, 11) is 1.01. The highest BCUT2D eigenvalue weighted by Crippen LogP contribution is 2.51. The standard InChI is InChI=1S/C17H21F7O/c1-11(2)9-12-7-5-6-8-13(12)14(3,25-4)10-15(18,19)16(20,21)17(22,23)24/h5-8,11H,9-10H2,1-4H3. The smallest absolute Gasteiger partial charge is 0.374 e. The zero-order valence-electron chi connectivity index (χ0n) is 14.4. The Kier molecular flexibility index (Phi) is 6.20. The summed E-state index contributed by atoms with van der Waals surface area (Å²) < 4.78 is 96.5. The van der Waals surface area contributed by atoms with Crippen LogP contribution in [0.15, 0.2) is 24.3 Å². The molecule has 1 unspecified atom stereocenters. The molecule has 1 rings (SSSR count). The number of rotatable bonds is 7. The van der Waals surface area contributed by atoms with Gasteiger partial charge in [0.1, 0.15) is 0 Å². The van der Waals surface area contributed by atoms with E-state index >= 15 is 0 Å². The van der Waals surface area contributed by atoms with Crippen molar-refractivity contribution in [2.75, 3.05) is 7.11 Å². The van der Waals surface area contributed by atoms with Crippen molar-refractivity contribution >= 4 is 0 Å². The van der Waals surface area contributed by atoms with Gasteiger partial charge >= 0.3 is 18.0 Å². The lowest BCUT2D eigenvalue weighted by atomic mass is 9.82. The van der Waals surface area contributed by atoms with E-state index < -0.39 is 30.0 Å². The number of halogens is 7. The molecule has 25 heavy (non-hydrogen) atoms. The Morgan fingerprint density at radius 1 is 0.960 bits per heavy atom. The predicted octanol–water partition coefficient (Wildman–Crippen LogP) is 5.97. The molecule has 8 heteroatoms. The molecule has 1 atom stereocenters. The van der Waals surface area contributed by atoms with Crippen LogP contribution in [0, 0.1) is 5.92 Å². The first-order valence-electron chi connectivity index (χ1n) is 7.64. The highest BCUT2D eigenvalue weighted by molar-refractivity contribution is 5.33. The number of benzene rings is 1. The maximum Gasteiger partial charge on any atom is 0.459 e. The summed E-state index contributed by atoms with van der Waals surface area (Å²) in [5.41, 5.74) is -1.28. The quantitative estimate of drug-likeness (QED) is 0.534. The third kappa shape index (κ3) is 4.46. The van der Waals surface area contributed by atoms with Gasteiger partial charge in [-0.1, -0.05) is 38.1 Å². The molecule has 0 spiro atoms. The minimum atomic E-state index is -6.36. The summed E-state index contributed by atoms with van der Waals surface area (Å²) in [6, 6.07) is 6.16. The molecular weight excluding hydrogens is 353 g/mol. The number of hydrogen-bond donors (Lipinski definition) is 0. The molecule has 0 saturated carbocycles. The van der Waals surface area contributed by atoms with E-state index in [-0.39, 0.29) is 11.5 Å². The second-order valence-corrected chi connectivity index (χ2v) is 6.64. The Morgan fingerprint density at radius 2 is 1.48 bits per heavy atom. The lowest BCUT2D eigenvalue weighted by Crippen LogP contribution is -2.54. The Morgan fingerprint density at radius 3 is 1.92 bits per heavy atom. The van der Waals surface area contributed by atoms with Gasteiger partial charge in [0.15, 0.2) is 0 Å². The third-order valence-electron chi connectivity index (χ3n) is 4.04. The minimum absolute atomic E-state index is 0.124. The molecule has 0 bridgehead atoms. The second-order valence-electron chi connectivity index (χ2n) is 6.64. The third-order valence-corrected chi connectivity index (χ3v) is 4.04. The van der Waals surface area contributed by atoms with Crippen LogP contribution in [0.5, 0.6) is 0 Å². The average molecular weight is 374 g/mol. The van der Waals surface area contributed by atoms with E-state index in [1.165, 1.54) is 12.1 Å². The lowest BCUT2D eigenvalue weighted by Gasteiger charge is -2.37. The predicted molar refractivity (Wildman–Crippen MR) is 79.9 cm³/mol. The maximum atomic E-state index is 13.9. The van der Waals surface area contributed by atoms with Gasteiger partial charge in [0.25, 0.3) is 0 Å². The van der Waals surface area contributed by atoms with E-state index in [9.17, 15) is 30.7 Å². The molecule has 0 aliphatic heterocycles. The zero-order chi connectivity index (χ0) is 19.7. The molecule has 0 heterocycles. The topological polar surface area (TPSA) is 9.23 Å². The largest absolute Gasteiger partial charge is 0.459 e. The molecule has 0 amide bonds. The monoisotopic (exact) mass is 374 g/mol. The Labute approximate surface area is 142 Å². The average Bonchev–Trinajstić information content (AvgIpc) is 2.45. The highest BCUT2D eigenvalue weighted by atomic mass is 19.4. The van der Waals surface area contributed by atoms with Gasteiger partial charge in [0.05, 0.1) is 12.0 Å². The lowest BCUT2D eigenvalue weighted by molar-refractivity contribution is -0.362. The van der Waals surface area contributed by atoms with Crippen molar-refractivity contribution in [2.45, 2.75) is 57.2 Å². The normalized spacial score (nSPS) is 16.2. The van der Waals surface area contributed by atoms with Crippen LogP contribution in [0.1, 0.15) is 38.3 Å². The summed E-state index contributed by atoms with van der Waals surface area (Å²) >= 11 is 0. The van der Waals surface area contributed by atoms with Gasteiger partial charge in [-0.3, -0.25) is 0 Å². The zero-order valence-corrected chi connectivity index (χ0v) is 14.4. The summed E-state index contributed by atoms with van der Waals surface area (Å²) in [4.78, 5) is 0. The fourth-order valence-electron chi connectivity index (χ4n) is 2.67. The molecule has 0 aliphatic carbocycles. The molecule has 1 aromatic carbocycles. The highest BCUT2D eigenvalue weighted by Gasteiger charge is 2.73. The van der Waals surface area contributed by atoms with Crippen molar-refractivity contribution in [3.63, 3.8) is 0 Å². The molecule has 0 fully saturated rings. The first-order valence-corrected chi connectivity index (χ1v) is 7.64. The number of methoxy groups -OCH3 is 1. The van der Waals surface area contributed by atoms with Crippen LogP contribution < -0.4 is 0 Å². The Balaban J connectivity index is 3.33. The van der Waals surface area contributed by atoms with Crippen LogP contribution in [0.2, 0.25) is 0 Å². The fourth-order valence-corrected chi connectivity index (χ4v) is 2.67. The molecule has 144 valence electrons. The van der Waals surface area contributed by atoms with Crippen LogP contribution in [0.3, 0.4) is 0 Å². The van der Waals surface area contributed by atoms with E-state index in [4.69, 9.17) is 4.74 Å². The number of hydrogen-bond acceptors (Lipinski definition) is 1. The van der Waals surface area contributed by atoms with Crippen molar-refractivity contribution in [3.05, 3.63) is 35.4 Å². The Hall–Kier alpha value is -1.31. The molecule has 0 saturated heterocycles. The summed E-state index contributed by atoms with van der Waals surface area (Å²) in [5.74, 6) is -11.4. The van der Waals surface area contributed by atoms with Crippen molar-refractivity contribution in [1.82, 2.24) is 0 Å². The van der Waals surface area contributed by atoms with Gasteiger partial charge in [-0.25, -0.2) is 0 Å². The van der Waals surface area contributed by atoms with Crippen molar-refractivity contribution in [1.29, 1.82) is 0 Å². The number of alkyl halides is 7. The van der Waals surface area contributed by atoms with E-state index in [0.717, 1.165) is 14.0 Å². The van der Waals surface area contributed by atoms with Gasteiger partial charge < -0.3 is 4.74 Å². The van der Waals surface area contributed by atoms with Crippen LogP contribution in [-0.4, -0.2) is 25.1 Å². The summed E-state index contributed by atoms with van der Waals surface area (Å²) in [6.45, 7) is 4.83. The first kappa shape index (κ1) is 21.7. The molecule has 1 aromatic rings. The van der Waals surface area contributed by atoms with E-state index in [0.29, 0.717) is 12.0 Å². The minimum Gasteiger partial charge on any atom is -0.374 e. The van der Waals surface area contributed by atoms with Gasteiger partial charge in [-0.05, 0) is 30.4 Å². The van der Waals surface area contributed by atoms with Gasteiger partial charge in [0.2, 0.25) is 0 Å². The SMILES string of the molecule is COC(C)(CC(F)(F)C(F)(F)C(F)(F)F)c1ccccc1CC(C)C. The van der Waals surface area contributed by atoms with Crippen molar-refractivity contribution < 1.29 is 35.5 Å². The fraction of sp³-hybridized carbons (Fsp3) is 0.647. The van der Waals surface area contributed by atoms with Gasteiger partial charge in [0, 0.05) is 7.11 Å². The van der Waals surface area contributed by atoms with E-state index in [1.54, 1.807) is 12.1 Å². The Bertz CT molecular complexity index is 581. The van der Waals surface area contributed by atoms with Crippen LogP contribution in [0.25, 0.3) is 0 Å². The van der Waals surface area contributed by atoms with E-state index in [1.807, 2.05) is 13.8 Å². The van der Waals surface area contributed by atoms with Crippen LogP contribution >= 0.6 is 0 Å². The van der Waals surface area contributed by atoms with Gasteiger partial charge in [-0.2, -0.15) is 30.7 Å². The number of ether oxygens (including phenoxy) is 1. The molecule has 0 N–H and O–H groups in total. The second kappa shape index (κ2) is 7.13. The van der Waals surface area contributed by atoms with Gasteiger partial charge in [-0.15, -0.1) is 0 Å². The summed E-state index contributed by atoms with van der Waals surface area (Å²) in [5, 5.41) is 0.